The smallest absolute Gasteiger partial charge is 0.242 e. The Labute approximate surface area is 123 Å². The second-order valence-electron chi connectivity index (χ2n) is 5.74. The van der Waals surface area contributed by atoms with Crippen LogP contribution in [0, 0.1) is 5.41 Å². The maximum absolute atomic E-state index is 12.5. The summed E-state index contributed by atoms with van der Waals surface area (Å²) >= 11 is 0. The number of H-pyrrole nitrogens is 1. The van der Waals surface area contributed by atoms with Crippen LogP contribution < -0.4 is 4.72 Å². The first-order valence-corrected chi connectivity index (χ1v) is 8.57. The van der Waals surface area contributed by atoms with Gasteiger partial charge >= 0.3 is 0 Å². The van der Waals surface area contributed by atoms with E-state index in [0.717, 1.165) is 25.7 Å². The fourth-order valence-electron chi connectivity index (χ4n) is 2.99. The number of fused-ring (bicyclic) bond motifs is 1. The molecule has 1 aliphatic carbocycles. The molecule has 0 radical (unpaired) electrons. The molecule has 2 aromatic rings. The number of rotatable bonds is 5. The molecule has 0 spiro atoms. The molecule has 0 aromatic carbocycles. The third kappa shape index (κ3) is 2.68. The van der Waals surface area contributed by atoms with E-state index in [2.05, 4.69) is 14.7 Å². The van der Waals surface area contributed by atoms with E-state index in [1.807, 2.05) is 0 Å². The van der Waals surface area contributed by atoms with Crippen molar-refractivity contribution < 1.29 is 13.5 Å². The van der Waals surface area contributed by atoms with E-state index in [9.17, 15) is 13.5 Å². The third-order valence-corrected chi connectivity index (χ3v) is 5.78. The first kappa shape index (κ1) is 14.5. The maximum atomic E-state index is 12.5. The number of pyridine rings is 1. The minimum Gasteiger partial charge on any atom is -0.396 e. The zero-order valence-electron chi connectivity index (χ0n) is 11.7. The van der Waals surface area contributed by atoms with Crippen molar-refractivity contribution in [2.45, 2.75) is 30.6 Å². The Morgan fingerprint density at radius 3 is 2.86 bits per heavy atom. The lowest BCUT2D eigenvalue weighted by atomic mass is 9.88. The van der Waals surface area contributed by atoms with Crippen molar-refractivity contribution in [3.63, 3.8) is 0 Å². The molecule has 1 fully saturated rings. The molecule has 1 aliphatic rings. The fraction of sp³-hybridized carbons (Fsp3) is 0.500. The molecule has 0 bridgehead atoms. The van der Waals surface area contributed by atoms with Gasteiger partial charge in [-0.2, -0.15) is 0 Å². The summed E-state index contributed by atoms with van der Waals surface area (Å²) in [6.07, 6.45) is 6.88. The summed E-state index contributed by atoms with van der Waals surface area (Å²) in [5.74, 6) is 0. The van der Waals surface area contributed by atoms with E-state index in [1.165, 1.54) is 6.20 Å². The number of aliphatic hydroxyl groups excluding tert-OH is 1. The predicted octanol–water partition coefficient (Wildman–Crippen LogP) is 1.39. The fourth-order valence-corrected chi connectivity index (χ4v) is 4.31. The van der Waals surface area contributed by atoms with Gasteiger partial charge in [-0.05, 0) is 25.0 Å². The summed E-state index contributed by atoms with van der Waals surface area (Å²) < 4.78 is 27.6. The second kappa shape index (κ2) is 5.40. The average Bonchev–Trinajstić information content (AvgIpc) is 3.13. The van der Waals surface area contributed by atoms with E-state index < -0.39 is 10.0 Å². The van der Waals surface area contributed by atoms with Gasteiger partial charge in [0.2, 0.25) is 10.0 Å². The van der Waals surface area contributed by atoms with Gasteiger partial charge in [0.25, 0.3) is 0 Å². The molecular weight excluding hydrogens is 290 g/mol. The van der Waals surface area contributed by atoms with Crippen LogP contribution in [0.5, 0.6) is 0 Å². The molecule has 0 amide bonds. The molecule has 6 nitrogen and oxygen atoms in total. The van der Waals surface area contributed by atoms with Gasteiger partial charge in [-0.3, -0.25) is 0 Å². The van der Waals surface area contributed by atoms with Gasteiger partial charge in [-0.15, -0.1) is 0 Å². The van der Waals surface area contributed by atoms with Crippen LogP contribution in [0.2, 0.25) is 0 Å². The molecule has 1 saturated carbocycles. The average molecular weight is 309 g/mol. The van der Waals surface area contributed by atoms with Gasteiger partial charge < -0.3 is 10.1 Å². The largest absolute Gasteiger partial charge is 0.396 e. The summed E-state index contributed by atoms with van der Waals surface area (Å²) in [6, 6.07) is 3.44. The van der Waals surface area contributed by atoms with Crippen molar-refractivity contribution in [1.29, 1.82) is 0 Å². The van der Waals surface area contributed by atoms with Crippen LogP contribution in [-0.4, -0.2) is 36.6 Å². The molecular formula is C14H19N3O3S. The van der Waals surface area contributed by atoms with Crippen molar-refractivity contribution in [2.75, 3.05) is 13.2 Å². The molecule has 114 valence electrons. The number of aromatic amines is 1. The zero-order chi connectivity index (χ0) is 14.9. The maximum Gasteiger partial charge on any atom is 0.242 e. The minimum absolute atomic E-state index is 0.0188. The Hall–Kier alpha value is -1.44. The van der Waals surface area contributed by atoms with Crippen molar-refractivity contribution in [3.8, 4) is 0 Å². The second-order valence-corrected chi connectivity index (χ2v) is 7.48. The van der Waals surface area contributed by atoms with Gasteiger partial charge in [0, 0.05) is 36.3 Å². The summed E-state index contributed by atoms with van der Waals surface area (Å²) in [4.78, 5) is 7.17. The third-order valence-electron chi connectivity index (χ3n) is 4.34. The molecule has 3 rings (SSSR count). The van der Waals surface area contributed by atoms with Crippen LogP contribution in [0.25, 0.3) is 11.0 Å². The number of aliphatic hydroxyl groups is 1. The highest BCUT2D eigenvalue weighted by Crippen LogP contribution is 2.37. The Kier molecular flexibility index (Phi) is 3.73. The quantitative estimate of drug-likeness (QED) is 0.778. The van der Waals surface area contributed by atoms with Gasteiger partial charge in [-0.1, -0.05) is 12.8 Å². The first-order chi connectivity index (χ1) is 10.1. The molecule has 0 atom stereocenters. The van der Waals surface area contributed by atoms with Crippen LogP contribution in [0.15, 0.2) is 29.4 Å². The highest BCUT2D eigenvalue weighted by Gasteiger charge is 2.34. The van der Waals surface area contributed by atoms with Crippen LogP contribution in [0.1, 0.15) is 25.7 Å². The van der Waals surface area contributed by atoms with Gasteiger partial charge in [0.15, 0.2) is 0 Å². The molecule has 0 aliphatic heterocycles. The van der Waals surface area contributed by atoms with E-state index in [-0.39, 0.29) is 23.5 Å². The number of nitrogens with zero attached hydrogens (tertiary/aromatic N) is 1. The van der Waals surface area contributed by atoms with Crippen LogP contribution >= 0.6 is 0 Å². The highest BCUT2D eigenvalue weighted by molar-refractivity contribution is 7.89. The molecule has 2 heterocycles. The van der Waals surface area contributed by atoms with Crippen molar-refractivity contribution in [1.82, 2.24) is 14.7 Å². The predicted molar refractivity (Wildman–Crippen MR) is 79.3 cm³/mol. The van der Waals surface area contributed by atoms with E-state index >= 15 is 0 Å². The molecule has 21 heavy (non-hydrogen) atoms. The number of sulfonamides is 1. The molecule has 3 N–H and O–H groups in total. The molecule has 2 aromatic heterocycles. The van der Waals surface area contributed by atoms with Gasteiger partial charge in [0.05, 0.1) is 0 Å². The SMILES string of the molecule is O=S(=O)(NCC1(CO)CCCC1)c1c[nH]c2ncccc12. The number of hydrogen-bond acceptors (Lipinski definition) is 4. The Morgan fingerprint density at radius 2 is 2.14 bits per heavy atom. The first-order valence-electron chi connectivity index (χ1n) is 7.09. The summed E-state index contributed by atoms with van der Waals surface area (Å²) in [6.45, 7) is 0.295. The van der Waals surface area contributed by atoms with E-state index in [4.69, 9.17) is 0 Å². The van der Waals surface area contributed by atoms with Crippen molar-refractivity contribution in [2.24, 2.45) is 5.41 Å². The number of aromatic nitrogens is 2. The van der Waals surface area contributed by atoms with Gasteiger partial charge in [-0.25, -0.2) is 18.1 Å². The van der Waals surface area contributed by atoms with E-state index in [1.54, 1.807) is 18.3 Å². The van der Waals surface area contributed by atoms with E-state index in [0.29, 0.717) is 11.0 Å². The van der Waals surface area contributed by atoms with Crippen LogP contribution in [0.3, 0.4) is 0 Å². The Balaban J connectivity index is 1.84. The van der Waals surface area contributed by atoms with Crippen molar-refractivity contribution >= 4 is 21.1 Å². The lowest BCUT2D eigenvalue weighted by Crippen LogP contribution is -2.38. The molecule has 0 saturated heterocycles. The minimum atomic E-state index is -3.61. The zero-order valence-corrected chi connectivity index (χ0v) is 12.5. The standard InChI is InChI=1S/C14H19N3O3S/c18-10-14(5-1-2-6-14)9-17-21(19,20)12-8-16-13-11(12)4-3-7-15-13/h3-4,7-8,17-18H,1-2,5-6,9-10H2,(H,15,16). The van der Waals surface area contributed by atoms with Crippen LogP contribution in [-0.2, 0) is 10.0 Å². The number of hydrogen-bond donors (Lipinski definition) is 3. The summed E-state index contributed by atoms with van der Waals surface area (Å²) in [5.41, 5.74) is 0.243. The number of nitrogens with one attached hydrogen (secondary N) is 2. The van der Waals surface area contributed by atoms with Crippen LogP contribution in [0.4, 0.5) is 0 Å². The Bertz CT molecular complexity index is 733. The summed E-state index contributed by atoms with van der Waals surface area (Å²) in [7, 11) is -3.61. The summed E-state index contributed by atoms with van der Waals surface area (Å²) in [5, 5.41) is 10.1. The lowest BCUT2D eigenvalue weighted by Gasteiger charge is -2.26. The molecule has 7 heteroatoms. The van der Waals surface area contributed by atoms with Gasteiger partial charge in [0.1, 0.15) is 10.5 Å². The van der Waals surface area contributed by atoms with Crippen molar-refractivity contribution in [3.05, 3.63) is 24.5 Å². The monoisotopic (exact) mass is 309 g/mol. The topological polar surface area (TPSA) is 95.1 Å². The highest BCUT2D eigenvalue weighted by atomic mass is 32.2. The molecule has 0 unspecified atom stereocenters. The Morgan fingerprint density at radius 1 is 1.38 bits per heavy atom. The lowest BCUT2D eigenvalue weighted by molar-refractivity contribution is 0.134. The normalized spacial score (nSPS) is 18.3.